The average molecular weight is 305 g/mol. The van der Waals surface area contributed by atoms with Crippen LogP contribution in [0.25, 0.3) is 0 Å². The molecule has 0 atom stereocenters. The van der Waals surface area contributed by atoms with Gasteiger partial charge in [-0.3, -0.25) is 0 Å². The maximum Gasteiger partial charge on any atom is 0.303 e. The lowest BCUT2D eigenvalue weighted by atomic mass is 10.5. The molecule has 3 fully saturated rings. The van der Waals surface area contributed by atoms with Gasteiger partial charge in [0.2, 0.25) is 0 Å². The van der Waals surface area contributed by atoms with Crippen LogP contribution in [0.1, 0.15) is 0 Å². The van der Waals surface area contributed by atoms with Crippen molar-refractivity contribution in [2.45, 2.75) is 0 Å². The van der Waals surface area contributed by atoms with Gasteiger partial charge in [-0.1, -0.05) is 0 Å². The Morgan fingerprint density at radius 3 is 1.05 bits per heavy atom. The summed E-state index contributed by atoms with van der Waals surface area (Å²) in [5.74, 6) is 0. The molecule has 8 heteroatoms. The molecule has 3 aliphatic rings. The number of ether oxygens (including phenoxy) is 3. The average Bonchev–Trinajstić information content (AvgIpc) is 2.56. The third-order valence-electron chi connectivity index (χ3n) is 4.21. The molecule has 3 aliphatic heterocycles. The van der Waals surface area contributed by atoms with E-state index in [0.29, 0.717) is 0 Å². The highest BCUT2D eigenvalue weighted by Crippen LogP contribution is 2.61. The zero-order valence-corrected chi connectivity index (χ0v) is 13.0. The van der Waals surface area contributed by atoms with Crippen LogP contribution < -0.4 is 5.50 Å². The molecule has 3 rings (SSSR count). The molecule has 0 bridgehead atoms. The number of morpholine rings is 3. The molecule has 0 amide bonds. The zero-order valence-electron chi connectivity index (χ0n) is 12.1. The summed E-state index contributed by atoms with van der Waals surface area (Å²) in [6, 6.07) is 0. The number of hydrogen-bond acceptors (Lipinski definition) is 7. The van der Waals surface area contributed by atoms with Crippen molar-refractivity contribution in [3.05, 3.63) is 0 Å². The summed E-state index contributed by atoms with van der Waals surface area (Å²) >= 11 is 0. The van der Waals surface area contributed by atoms with Gasteiger partial charge in [-0.25, -0.2) is 0 Å². The molecule has 0 aromatic heterocycles. The Labute approximate surface area is 121 Å². The Balaban J connectivity index is 1.79. The first-order valence-corrected chi connectivity index (χ1v) is 9.20. The van der Waals surface area contributed by atoms with E-state index in [4.69, 9.17) is 19.7 Å². The summed E-state index contributed by atoms with van der Waals surface area (Å²) in [7, 11) is -1.94. The number of hydrogen-bond donors (Lipinski definition) is 1. The standard InChI is InChI=1S/C12H26N4O3P/c13-20(14-1-7-17-8-2-14,15-3-9-18-10-4-15)16-5-11-19-12-6-16/h1-13H2/q+1. The van der Waals surface area contributed by atoms with E-state index in [0.717, 1.165) is 78.9 Å². The summed E-state index contributed by atoms with van der Waals surface area (Å²) in [4.78, 5) is 0. The monoisotopic (exact) mass is 305 g/mol. The van der Waals surface area contributed by atoms with Gasteiger partial charge in [0.25, 0.3) is 0 Å². The molecule has 3 saturated heterocycles. The molecule has 0 aromatic carbocycles. The van der Waals surface area contributed by atoms with Gasteiger partial charge in [-0.15, -0.1) is 14.0 Å². The minimum absolute atomic E-state index is 0.785. The number of rotatable bonds is 3. The van der Waals surface area contributed by atoms with E-state index in [1.807, 2.05) is 0 Å². The van der Waals surface area contributed by atoms with Crippen molar-refractivity contribution in [1.82, 2.24) is 14.0 Å². The third kappa shape index (κ3) is 3.00. The molecular weight excluding hydrogens is 279 g/mol. The van der Waals surface area contributed by atoms with Crippen molar-refractivity contribution in [1.29, 1.82) is 0 Å². The first-order valence-electron chi connectivity index (χ1n) is 7.49. The fourth-order valence-electron chi connectivity index (χ4n) is 3.08. The Morgan fingerprint density at radius 2 is 0.800 bits per heavy atom. The SMILES string of the molecule is N[P+](N1CCOCC1)(N1CCOCC1)N1CCOCC1. The van der Waals surface area contributed by atoms with E-state index in [-0.39, 0.29) is 0 Å². The van der Waals surface area contributed by atoms with Gasteiger partial charge < -0.3 is 14.2 Å². The predicted molar refractivity (Wildman–Crippen MR) is 78.3 cm³/mol. The summed E-state index contributed by atoms with van der Waals surface area (Å²) in [6.07, 6.45) is 0. The molecule has 0 aromatic rings. The van der Waals surface area contributed by atoms with Crippen molar-refractivity contribution in [3.63, 3.8) is 0 Å². The maximum atomic E-state index is 7.04. The van der Waals surface area contributed by atoms with Gasteiger partial charge >= 0.3 is 7.87 Å². The van der Waals surface area contributed by atoms with Crippen LogP contribution in [0.5, 0.6) is 0 Å². The molecular formula is C12H26N4O3P+. The highest BCUT2D eigenvalue weighted by atomic mass is 31.2. The lowest BCUT2D eigenvalue weighted by molar-refractivity contribution is 0.0350. The highest BCUT2D eigenvalue weighted by molar-refractivity contribution is 7.66. The summed E-state index contributed by atoms with van der Waals surface area (Å²) in [5, 5.41) is 0. The van der Waals surface area contributed by atoms with E-state index >= 15 is 0 Å². The first-order chi connectivity index (χ1) is 9.82. The molecule has 20 heavy (non-hydrogen) atoms. The van der Waals surface area contributed by atoms with E-state index in [9.17, 15) is 0 Å². The van der Waals surface area contributed by atoms with Crippen molar-refractivity contribution in [3.8, 4) is 0 Å². The molecule has 0 radical (unpaired) electrons. The van der Waals surface area contributed by atoms with Crippen molar-refractivity contribution in [2.24, 2.45) is 5.50 Å². The van der Waals surface area contributed by atoms with Crippen molar-refractivity contribution < 1.29 is 14.2 Å². The van der Waals surface area contributed by atoms with Gasteiger partial charge in [0.05, 0.1) is 78.9 Å². The minimum Gasteiger partial charge on any atom is -0.378 e. The Kier molecular flexibility index (Phi) is 5.23. The lowest BCUT2D eigenvalue weighted by Gasteiger charge is -2.47. The van der Waals surface area contributed by atoms with Crippen LogP contribution in [0, 0.1) is 0 Å². The normalized spacial score (nSPS) is 28.6. The maximum absolute atomic E-state index is 7.04. The summed E-state index contributed by atoms with van der Waals surface area (Å²) in [5.41, 5.74) is 7.04. The Hall–Kier alpha value is 0.150. The molecule has 2 N–H and O–H groups in total. The lowest BCUT2D eigenvalue weighted by Crippen LogP contribution is -2.56. The smallest absolute Gasteiger partial charge is 0.303 e. The van der Waals surface area contributed by atoms with Gasteiger partial charge in [-0.2, -0.15) is 5.50 Å². The van der Waals surface area contributed by atoms with Crippen molar-refractivity contribution in [2.75, 3.05) is 78.9 Å². The largest absolute Gasteiger partial charge is 0.378 e. The quantitative estimate of drug-likeness (QED) is 0.713. The van der Waals surface area contributed by atoms with Gasteiger partial charge in [0.15, 0.2) is 0 Å². The van der Waals surface area contributed by atoms with E-state index in [1.54, 1.807) is 0 Å². The summed E-state index contributed by atoms with van der Waals surface area (Å²) in [6.45, 7) is 10.3. The molecule has 116 valence electrons. The molecule has 0 saturated carbocycles. The highest BCUT2D eigenvalue weighted by Gasteiger charge is 2.54. The predicted octanol–water partition coefficient (Wildman–Crippen LogP) is -0.381. The van der Waals surface area contributed by atoms with Crippen LogP contribution in [0.2, 0.25) is 0 Å². The first kappa shape index (κ1) is 15.1. The summed E-state index contributed by atoms with van der Waals surface area (Å²) < 4.78 is 23.9. The zero-order chi connectivity index (χ0) is 13.8. The van der Waals surface area contributed by atoms with Crippen molar-refractivity contribution >= 4 is 7.87 Å². The van der Waals surface area contributed by atoms with E-state index < -0.39 is 7.87 Å². The molecule has 0 spiro atoms. The second kappa shape index (κ2) is 6.94. The van der Waals surface area contributed by atoms with E-state index in [1.165, 1.54) is 0 Å². The van der Waals surface area contributed by atoms with Crippen LogP contribution in [-0.4, -0.2) is 92.9 Å². The number of nitrogens with two attached hydrogens (primary N) is 1. The Bertz CT molecular complexity index is 260. The fraction of sp³-hybridized carbons (Fsp3) is 1.00. The molecule has 7 nitrogen and oxygen atoms in total. The molecule has 0 aliphatic carbocycles. The van der Waals surface area contributed by atoms with Crippen LogP contribution in [0.15, 0.2) is 0 Å². The van der Waals surface area contributed by atoms with E-state index in [2.05, 4.69) is 14.0 Å². The van der Waals surface area contributed by atoms with Gasteiger partial charge in [0.1, 0.15) is 0 Å². The minimum atomic E-state index is -1.94. The third-order valence-corrected chi connectivity index (χ3v) is 7.91. The number of nitrogens with zero attached hydrogens (tertiary/aromatic N) is 3. The Morgan fingerprint density at radius 1 is 0.550 bits per heavy atom. The molecule has 0 unspecified atom stereocenters. The van der Waals surface area contributed by atoms with Crippen LogP contribution in [0.3, 0.4) is 0 Å². The van der Waals surface area contributed by atoms with Gasteiger partial charge in [-0.05, 0) is 0 Å². The topological polar surface area (TPSA) is 63.4 Å². The van der Waals surface area contributed by atoms with Crippen LogP contribution >= 0.6 is 7.87 Å². The second-order valence-corrected chi connectivity index (χ2v) is 8.24. The van der Waals surface area contributed by atoms with Gasteiger partial charge in [0, 0.05) is 0 Å². The second-order valence-electron chi connectivity index (χ2n) is 5.31. The molecule has 3 heterocycles. The van der Waals surface area contributed by atoms with Crippen LogP contribution in [-0.2, 0) is 14.2 Å². The fourth-order valence-corrected chi connectivity index (χ4v) is 6.41. The van der Waals surface area contributed by atoms with Crippen LogP contribution in [0.4, 0.5) is 0 Å².